The first kappa shape index (κ1) is 13.6. The Balaban J connectivity index is 1.98. The van der Waals surface area contributed by atoms with E-state index in [1.54, 1.807) is 22.1 Å². The minimum Gasteiger partial charge on any atom is -0.384 e. The Morgan fingerprint density at radius 1 is 1.45 bits per heavy atom. The number of nitrogens with two attached hydrogens (primary N) is 1. The van der Waals surface area contributed by atoms with Crippen molar-refractivity contribution in [2.45, 2.75) is 26.3 Å². The van der Waals surface area contributed by atoms with E-state index < -0.39 is 9.84 Å². The normalized spacial score (nSPS) is 21.4. The summed E-state index contributed by atoms with van der Waals surface area (Å²) in [5.41, 5.74) is 7.69. The fourth-order valence-electron chi connectivity index (χ4n) is 2.55. The van der Waals surface area contributed by atoms with Gasteiger partial charge in [0.25, 0.3) is 0 Å². The molecule has 1 saturated heterocycles. The van der Waals surface area contributed by atoms with Gasteiger partial charge in [-0.1, -0.05) is 0 Å². The zero-order chi connectivity index (χ0) is 14.5. The van der Waals surface area contributed by atoms with Crippen LogP contribution in [0.4, 0.5) is 5.82 Å². The van der Waals surface area contributed by atoms with Crippen molar-refractivity contribution in [3.63, 3.8) is 0 Å². The maximum atomic E-state index is 11.6. The molecular weight excluding hydrogens is 296 g/mol. The number of nitrogens with zero attached hydrogens (tertiary/aromatic N) is 3. The van der Waals surface area contributed by atoms with Crippen molar-refractivity contribution in [2.75, 3.05) is 17.2 Å². The largest absolute Gasteiger partial charge is 0.384 e. The van der Waals surface area contributed by atoms with Crippen LogP contribution in [0.25, 0.3) is 10.6 Å². The molecule has 1 aliphatic heterocycles. The van der Waals surface area contributed by atoms with Crippen LogP contribution in [0.5, 0.6) is 0 Å². The van der Waals surface area contributed by atoms with Crippen LogP contribution in [0, 0.1) is 13.8 Å². The summed E-state index contributed by atoms with van der Waals surface area (Å²) in [5.74, 6) is 0.844. The van der Waals surface area contributed by atoms with Gasteiger partial charge in [0, 0.05) is 6.07 Å². The van der Waals surface area contributed by atoms with Gasteiger partial charge in [0.05, 0.1) is 33.1 Å². The highest BCUT2D eigenvalue weighted by Crippen LogP contribution is 2.32. The monoisotopic (exact) mass is 312 g/mol. The zero-order valence-electron chi connectivity index (χ0n) is 11.3. The summed E-state index contributed by atoms with van der Waals surface area (Å²) >= 11 is 1.57. The molecule has 3 rings (SSSR count). The Kier molecular flexibility index (Phi) is 3.09. The maximum Gasteiger partial charge on any atom is 0.152 e. The van der Waals surface area contributed by atoms with Crippen LogP contribution in [-0.2, 0) is 9.84 Å². The molecule has 1 aliphatic rings. The van der Waals surface area contributed by atoms with Crippen LogP contribution in [0.15, 0.2) is 6.07 Å². The first-order valence-electron chi connectivity index (χ1n) is 6.35. The molecule has 0 radical (unpaired) electrons. The number of hydrogen-bond donors (Lipinski definition) is 1. The second-order valence-corrected chi connectivity index (χ2v) is 8.54. The first-order valence-corrected chi connectivity index (χ1v) is 8.99. The first-order chi connectivity index (χ1) is 9.35. The Hall–Kier alpha value is -1.41. The van der Waals surface area contributed by atoms with Crippen molar-refractivity contribution in [2.24, 2.45) is 0 Å². The predicted molar refractivity (Wildman–Crippen MR) is 79.5 cm³/mol. The van der Waals surface area contributed by atoms with Gasteiger partial charge in [0.15, 0.2) is 9.84 Å². The molecule has 0 amide bonds. The quantitative estimate of drug-likeness (QED) is 0.909. The molecule has 1 atom stereocenters. The van der Waals surface area contributed by atoms with Gasteiger partial charge in [-0.3, -0.25) is 0 Å². The number of thiazole rings is 1. The van der Waals surface area contributed by atoms with E-state index in [0.29, 0.717) is 12.2 Å². The predicted octanol–water partition coefficient (Wildman–Crippen LogP) is 1.57. The molecule has 1 unspecified atom stereocenters. The van der Waals surface area contributed by atoms with Crippen molar-refractivity contribution in [1.29, 1.82) is 0 Å². The van der Waals surface area contributed by atoms with Gasteiger partial charge >= 0.3 is 0 Å². The van der Waals surface area contributed by atoms with Crippen LogP contribution >= 0.6 is 11.3 Å². The van der Waals surface area contributed by atoms with Gasteiger partial charge in [0.1, 0.15) is 11.5 Å². The standard InChI is InChI=1S/C12H16N4O2S2/c1-7-12(19-8(2)14-7)10-5-11(13)16(15-10)9-3-4-20(17,18)6-9/h5,9H,3-4,6,13H2,1-2H3. The summed E-state index contributed by atoms with van der Waals surface area (Å²) in [6.45, 7) is 3.89. The number of anilines is 1. The minimum absolute atomic E-state index is 0.124. The van der Waals surface area contributed by atoms with Gasteiger partial charge in [-0.2, -0.15) is 5.10 Å². The van der Waals surface area contributed by atoms with Gasteiger partial charge in [-0.15, -0.1) is 11.3 Å². The number of aromatic nitrogens is 3. The van der Waals surface area contributed by atoms with E-state index in [4.69, 9.17) is 5.73 Å². The average molecular weight is 312 g/mol. The molecule has 20 heavy (non-hydrogen) atoms. The second kappa shape index (κ2) is 4.56. The van der Waals surface area contributed by atoms with Crippen molar-refractivity contribution in [3.8, 4) is 10.6 Å². The van der Waals surface area contributed by atoms with Gasteiger partial charge < -0.3 is 5.73 Å². The molecule has 0 aliphatic carbocycles. The molecule has 0 bridgehead atoms. The molecule has 0 aromatic carbocycles. The molecule has 1 fully saturated rings. The highest BCUT2D eigenvalue weighted by molar-refractivity contribution is 7.91. The fourth-order valence-corrected chi connectivity index (χ4v) is 5.12. The second-order valence-electron chi connectivity index (χ2n) is 5.10. The van der Waals surface area contributed by atoms with Crippen LogP contribution in [0.3, 0.4) is 0 Å². The third kappa shape index (κ3) is 2.33. The van der Waals surface area contributed by atoms with E-state index in [-0.39, 0.29) is 17.5 Å². The molecule has 2 aromatic heterocycles. The van der Waals surface area contributed by atoms with Crippen LogP contribution < -0.4 is 5.73 Å². The molecule has 3 heterocycles. The highest BCUT2D eigenvalue weighted by atomic mass is 32.2. The van der Waals surface area contributed by atoms with E-state index in [1.807, 2.05) is 13.8 Å². The van der Waals surface area contributed by atoms with Crippen molar-refractivity contribution in [1.82, 2.24) is 14.8 Å². The summed E-state index contributed by atoms with van der Waals surface area (Å²) in [5, 5.41) is 5.48. The lowest BCUT2D eigenvalue weighted by molar-refractivity contribution is 0.508. The topological polar surface area (TPSA) is 90.9 Å². The third-order valence-corrected chi connectivity index (χ3v) is 6.30. The molecule has 2 N–H and O–H groups in total. The van der Waals surface area contributed by atoms with E-state index >= 15 is 0 Å². The van der Waals surface area contributed by atoms with E-state index in [2.05, 4.69) is 10.1 Å². The Bertz CT molecular complexity index is 761. The van der Waals surface area contributed by atoms with Crippen LogP contribution in [0.2, 0.25) is 0 Å². The zero-order valence-corrected chi connectivity index (χ0v) is 13.0. The summed E-state index contributed by atoms with van der Waals surface area (Å²) in [4.78, 5) is 5.37. The molecule has 108 valence electrons. The molecule has 6 nitrogen and oxygen atoms in total. The smallest absolute Gasteiger partial charge is 0.152 e. The highest BCUT2D eigenvalue weighted by Gasteiger charge is 2.31. The summed E-state index contributed by atoms with van der Waals surface area (Å²) in [6, 6.07) is 1.65. The molecule has 0 spiro atoms. The van der Waals surface area contributed by atoms with Gasteiger partial charge in [-0.25, -0.2) is 18.1 Å². The maximum absolute atomic E-state index is 11.6. The number of hydrogen-bond acceptors (Lipinski definition) is 6. The Labute approximate surface area is 121 Å². The van der Waals surface area contributed by atoms with E-state index in [1.165, 1.54) is 0 Å². The average Bonchev–Trinajstić information content (AvgIpc) is 2.97. The lowest BCUT2D eigenvalue weighted by atomic mass is 10.3. The van der Waals surface area contributed by atoms with Crippen LogP contribution in [0.1, 0.15) is 23.2 Å². The number of nitrogen functional groups attached to an aromatic ring is 1. The Morgan fingerprint density at radius 3 is 2.75 bits per heavy atom. The molecule has 0 saturated carbocycles. The molecule has 2 aromatic rings. The number of aryl methyl sites for hydroxylation is 2. The molecular formula is C12H16N4O2S2. The van der Waals surface area contributed by atoms with Crippen LogP contribution in [-0.4, -0.2) is 34.7 Å². The molecule has 8 heteroatoms. The SMILES string of the molecule is Cc1nc(C)c(-c2cc(N)n(C3CCS(=O)(=O)C3)n2)s1. The van der Waals surface area contributed by atoms with E-state index in [9.17, 15) is 8.42 Å². The number of rotatable bonds is 2. The van der Waals surface area contributed by atoms with Gasteiger partial charge in [0.2, 0.25) is 0 Å². The van der Waals surface area contributed by atoms with Crippen molar-refractivity contribution in [3.05, 3.63) is 16.8 Å². The summed E-state index contributed by atoms with van der Waals surface area (Å²) in [6.07, 6.45) is 0.578. The summed E-state index contributed by atoms with van der Waals surface area (Å²) in [7, 11) is -2.95. The minimum atomic E-state index is -2.95. The van der Waals surface area contributed by atoms with Crippen molar-refractivity contribution >= 4 is 27.0 Å². The Morgan fingerprint density at radius 2 is 2.20 bits per heavy atom. The lowest BCUT2D eigenvalue weighted by Crippen LogP contribution is -2.14. The third-order valence-electron chi connectivity index (χ3n) is 3.46. The number of sulfone groups is 1. The van der Waals surface area contributed by atoms with E-state index in [0.717, 1.165) is 21.3 Å². The fraction of sp³-hybridized carbons (Fsp3) is 0.500. The van der Waals surface area contributed by atoms with Gasteiger partial charge in [-0.05, 0) is 20.3 Å². The van der Waals surface area contributed by atoms with Crippen molar-refractivity contribution < 1.29 is 8.42 Å². The summed E-state index contributed by atoms with van der Waals surface area (Å²) < 4.78 is 24.8. The lowest BCUT2D eigenvalue weighted by Gasteiger charge is -2.09.